The molecule has 1 N–H and O–H groups in total. The smallest absolute Gasteiger partial charge is 0.411 e. The lowest BCUT2D eigenvalue weighted by Crippen LogP contribution is -2.51. The Bertz CT molecular complexity index is 731. The molecule has 1 aromatic rings. The maximum Gasteiger partial charge on any atom is 0.411 e. The Morgan fingerprint density at radius 3 is 2.48 bits per heavy atom. The van der Waals surface area contributed by atoms with Gasteiger partial charge in [-0.15, -0.1) is 0 Å². The zero-order chi connectivity index (χ0) is 19.0. The summed E-state index contributed by atoms with van der Waals surface area (Å²) in [6, 6.07) is 4.30. The van der Waals surface area contributed by atoms with Gasteiger partial charge in [0.1, 0.15) is 5.60 Å². The van der Waals surface area contributed by atoms with Crippen LogP contribution in [-0.4, -0.2) is 38.7 Å². The molecule has 1 aliphatic heterocycles. The van der Waals surface area contributed by atoms with Crippen LogP contribution in [0.1, 0.15) is 46.6 Å². The van der Waals surface area contributed by atoms with Gasteiger partial charge in [0.2, 0.25) is 0 Å². The maximum atomic E-state index is 12.4. The van der Waals surface area contributed by atoms with Crippen LogP contribution in [0.4, 0.5) is 10.5 Å². The van der Waals surface area contributed by atoms with Gasteiger partial charge in [0.15, 0.2) is 5.75 Å². The number of phenolic OH excluding ortho intramolecular Hbond substituents is 1. The minimum absolute atomic E-state index is 0.324. The monoisotopic (exact) mass is 348 g/mol. The van der Waals surface area contributed by atoms with E-state index in [-0.39, 0.29) is 17.5 Å². The number of nitro benzene ring substituents is 1. The first-order valence-electron chi connectivity index (χ1n) is 8.08. The highest BCUT2D eigenvalue weighted by Gasteiger charge is 2.37. The summed E-state index contributed by atoms with van der Waals surface area (Å²) in [5.41, 5.74) is 0.260. The first kappa shape index (κ1) is 18.8. The van der Waals surface area contributed by atoms with Gasteiger partial charge in [-0.2, -0.15) is 0 Å². The molecule has 2 rings (SSSR count). The van der Waals surface area contributed by atoms with E-state index in [2.05, 4.69) is 0 Å². The number of rotatable bonds is 2. The number of nitrogens with zero attached hydrogens (tertiary/aromatic N) is 2. The van der Waals surface area contributed by atoms with Gasteiger partial charge in [-0.05, 0) is 64.3 Å². The highest BCUT2D eigenvalue weighted by Crippen LogP contribution is 2.37. The predicted molar refractivity (Wildman–Crippen MR) is 94.4 cm³/mol. The molecule has 1 amide bonds. The molecular weight excluding hydrogens is 324 g/mol. The van der Waals surface area contributed by atoms with Gasteiger partial charge < -0.3 is 9.84 Å². The molecule has 0 bridgehead atoms. The summed E-state index contributed by atoms with van der Waals surface area (Å²) in [5.74, 6) is -0.365. The van der Waals surface area contributed by atoms with Crippen molar-refractivity contribution in [1.29, 1.82) is 0 Å². The van der Waals surface area contributed by atoms with Crippen molar-refractivity contribution in [3.8, 4) is 5.75 Å². The van der Waals surface area contributed by atoms with E-state index in [0.717, 1.165) is 5.57 Å². The summed E-state index contributed by atoms with van der Waals surface area (Å²) in [6.07, 6.45) is 2.05. The lowest BCUT2D eigenvalue weighted by atomic mass is 9.86. The van der Waals surface area contributed by atoms with Crippen molar-refractivity contribution in [2.45, 2.75) is 52.2 Å². The van der Waals surface area contributed by atoms with Crippen LogP contribution in [0.5, 0.6) is 5.75 Å². The zero-order valence-corrected chi connectivity index (χ0v) is 15.2. The minimum Gasteiger partial charge on any atom is -0.502 e. The first-order chi connectivity index (χ1) is 11.4. The molecule has 0 radical (unpaired) electrons. The number of amides is 1. The number of phenols is 1. The molecule has 0 aromatic heterocycles. The number of nitro groups is 1. The van der Waals surface area contributed by atoms with Gasteiger partial charge in [0.05, 0.1) is 4.92 Å². The second kappa shape index (κ2) is 6.38. The lowest BCUT2D eigenvalue weighted by Gasteiger charge is -2.42. The van der Waals surface area contributed by atoms with E-state index in [9.17, 15) is 20.0 Å². The fraction of sp³-hybridized carbons (Fsp3) is 0.500. The summed E-state index contributed by atoms with van der Waals surface area (Å²) in [6.45, 7) is 9.72. The number of benzene rings is 1. The molecule has 0 spiro atoms. The summed E-state index contributed by atoms with van der Waals surface area (Å²) in [5, 5.41) is 20.7. The van der Waals surface area contributed by atoms with Crippen molar-refractivity contribution in [3.05, 3.63) is 40.0 Å². The first-order valence-corrected chi connectivity index (χ1v) is 8.08. The molecular formula is C18H24N2O5. The average molecular weight is 348 g/mol. The van der Waals surface area contributed by atoms with Crippen LogP contribution in [0.15, 0.2) is 24.3 Å². The largest absolute Gasteiger partial charge is 0.502 e. The number of carbonyl (C=O) groups excluding carboxylic acids is 1. The van der Waals surface area contributed by atoms with E-state index in [1.165, 1.54) is 12.1 Å². The number of carbonyl (C=O) groups is 1. The van der Waals surface area contributed by atoms with Crippen molar-refractivity contribution in [2.75, 3.05) is 6.54 Å². The van der Waals surface area contributed by atoms with Gasteiger partial charge in [-0.1, -0.05) is 6.08 Å². The van der Waals surface area contributed by atoms with Crippen molar-refractivity contribution in [2.24, 2.45) is 0 Å². The molecule has 0 saturated carbocycles. The highest BCUT2D eigenvalue weighted by atomic mass is 16.6. The molecule has 0 unspecified atom stereocenters. The van der Waals surface area contributed by atoms with E-state index in [0.29, 0.717) is 18.5 Å². The molecule has 136 valence electrons. The molecule has 1 heterocycles. The van der Waals surface area contributed by atoms with Crippen LogP contribution in [0.25, 0.3) is 5.57 Å². The third-order valence-electron chi connectivity index (χ3n) is 4.03. The van der Waals surface area contributed by atoms with E-state index in [4.69, 9.17) is 4.74 Å². The highest BCUT2D eigenvalue weighted by molar-refractivity contribution is 5.75. The van der Waals surface area contributed by atoms with Crippen LogP contribution in [0.3, 0.4) is 0 Å². The molecule has 0 saturated heterocycles. The number of ether oxygens (including phenoxy) is 1. The summed E-state index contributed by atoms with van der Waals surface area (Å²) < 4.78 is 5.46. The number of aromatic hydroxyl groups is 1. The standard InChI is InChI=1S/C18H24N2O5/c1-17(2,3)25-16(22)19-9-8-13(11-18(19,4)5)12-6-7-14(20(23)24)15(21)10-12/h6-8,10,21H,9,11H2,1-5H3. The topological polar surface area (TPSA) is 92.9 Å². The quantitative estimate of drug-likeness (QED) is 0.641. The molecule has 7 heteroatoms. The van der Waals surface area contributed by atoms with E-state index >= 15 is 0 Å². The SMILES string of the molecule is CC(C)(C)OC(=O)N1CC=C(c2ccc([N+](=O)[O-])c(O)c2)CC1(C)C. The fourth-order valence-corrected chi connectivity index (χ4v) is 2.82. The zero-order valence-electron chi connectivity index (χ0n) is 15.2. The normalized spacial score (nSPS) is 17.0. The second-order valence-corrected chi connectivity index (χ2v) is 7.77. The van der Waals surface area contributed by atoms with Gasteiger partial charge in [-0.25, -0.2) is 4.79 Å². The van der Waals surface area contributed by atoms with E-state index < -0.39 is 16.1 Å². The van der Waals surface area contributed by atoms with Crippen LogP contribution in [0, 0.1) is 10.1 Å². The number of hydrogen-bond donors (Lipinski definition) is 1. The Morgan fingerprint density at radius 1 is 1.36 bits per heavy atom. The van der Waals surface area contributed by atoms with Gasteiger partial charge in [0.25, 0.3) is 0 Å². The van der Waals surface area contributed by atoms with Crippen LogP contribution in [-0.2, 0) is 4.74 Å². The fourth-order valence-electron chi connectivity index (χ4n) is 2.82. The van der Waals surface area contributed by atoms with Crippen molar-refractivity contribution < 1.29 is 19.6 Å². The molecule has 0 aliphatic carbocycles. The molecule has 0 atom stereocenters. The van der Waals surface area contributed by atoms with Crippen molar-refractivity contribution >= 4 is 17.4 Å². The third kappa shape index (κ3) is 4.29. The van der Waals surface area contributed by atoms with Crippen LogP contribution < -0.4 is 0 Å². The van der Waals surface area contributed by atoms with Crippen LogP contribution in [0.2, 0.25) is 0 Å². The van der Waals surface area contributed by atoms with Gasteiger partial charge >= 0.3 is 11.8 Å². The Morgan fingerprint density at radius 2 is 2.00 bits per heavy atom. The van der Waals surface area contributed by atoms with Crippen molar-refractivity contribution in [1.82, 2.24) is 4.90 Å². The Hall–Kier alpha value is -2.57. The summed E-state index contributed by atoms with van der Waals surface area (Å²) in [7, 11) is 0. The molecule has 1 aliphatic rings. The van der Waals surface area contributed by atoms with Crippen molar-refractivity contribution in [3.63, 3.8) is 0 Å². The Balaban J connectivity index is 2.25. The molecule has 1 aromatic carbocycles. The van der Waals surface area contributed by atoms with Gasteiger partial charge in [0, 0.05) is 18.2 Å². The Labute approximate surface area is 147 Å². The minimum atomic E-state index is -0.622. The lowest BCUT2D eigenvalue weighted by molar-refractivity contribution is -0.385. The summed E-state index contributed by atoms with van der Waals surface area (Å²) in [4.78, 5) is 24.3. The van der Waals surface area contributed by atoms with E-state index in [1.54, 1.807) is 11.0 Å². The molecule has 7 nitrogen and oxygen atoms in total. The maximum absolute atomic E-state index is 12.4. The average Bonchev–Trinajstić information content (AvgIpc) is 2.43. The van der Waals surface area contributed by atoms with Crippen LogP contribution >= 0.6 is 0 Å². The third-order valence-corrected chi connectivity index (χ3v) is 4.03. The Kier molecular flexibility index (Phi) is 4.79. The predicted octanol–water partition coefficient (Wildman–Crippen LogP) is 4.10. The molecule has 0 fully saturated rings. The number of hydrogen-bond acceptors (Lipinski definition) is 5. The van der Waals surface area contributed by atoms with Gasteiger partial charge in [-0.3, -0.25) is 15.0 Å². The molecule has 25 heavy (non-hydrogen) atoms. The summed E-state index contributed by atoms with van der Waals surface area (Å²) >= 11 is 0. The second-order valence-electron chi connectivity index (χ2n) is 7.77. The van der Waals surface area contributed by atoms with E-state index in [1.807, 2.05) is 40.7 Å².